The van der Waals surface area contributed by atoms with Gasteiger partial charge in [0.1, 0.15) is 5.82 Å². The van der Waals surface area contributed by atoms with Crippen LogP contribution in [-0.2, 0) is 0 Å². The van der Waals surface area contributed by atoms with Crippen LogP contribution in [0.4, 0.5) is 4.39 Å². The van der Waals surface area contributed by atoms with Crippen molar-refractivity contribution in [3.63, 3.8) is 0 Å². The molecule has 2 N–H and O–H groups in total. The highest BCUT2D eigenvalue weighted by atomic mass is 19.1. The van der Waals surface area contributed by atoms with Crippen molar-refractivity contribution in [3.8, 4) is 0 Å². The molecule has 2 heteroatoms. The molecule has 0 aliphatic heterocycles. The summed E-state index contributed by atoms with van der Waals surface area (Å²) in [6.07, 6.45) is 3.73. The van der Waals surface area contributed by atoms with E-state index < -0.39 is 0 Å². The van der Waals surface area contributed by atoms with E-state index in [4.69, 9.17) is 5.73 Å². The maximum atomic E-state index is 14.1. The first-order chi connectivity index (χ1) is 9.66. The summed E-state index contributed by atoms with van der Waals surface area (Å²) in [5, 5.41) is 0. The fraction of sp³-hybridized carbons (Fsp3) is 0.333. The Balaban J connectivity index is 1.99. The van der Waals surface area contributed by atoms with Crippen LogP contribution in [0.2, 0.25) is 0 Å². The van der Waals surface area contributed by atoms with Gasteiger partial charge in [-0.3, -0.25) is 0 Å². The van der Waals surface area contributed by atoms with E-state index in [2.05, 4.69) is 12.1 Å². The molecule has 0 aromatic heterocycles. The highest BCUT2D eigenvalue weighted by molar-refractivity contribution is 5.40. The zero-order chi connectivity index (χ0) is 14.1. The molecule has 1 nitrogen and oxygen atoms in total. The van der Waals surface area contributed by atoms with Gasteiger partial charge in [-0.2, -0.15) is 0 Å². The van der Waals surface area contributed by atoms with Crippen molar-refractivity contribution < 1.29 is 4.39 Å². The van der Waals surface area contributed by atoms with E-state index in [1.54, 1.807) is 6.07 Å². The van der Waals surface area contributed by atoms with E-state index in [9.17, 15) is 4.39 Å². The fourth-order valence-electron chi connectivity index (χ4n) is 2.94. The summed E-state index contributed by atoms with van der Waals surface area (Å²) in [5.74, 6) is 0.395. The average molecular weight is 269 g/mol. The van der Waals surface area contributed by atoms with Crippen molar-refractivity contribution in [2.75, 3.05) is 0 Å². The maximum Gasteiger partial charge on any atom is 0.128 e. The van der Waals surface area contributed by atoms with Crippen LogP contribution < -0.4 is 5.73 Å². The van der Waals surface area contributed by atoms with Crippen LogP contribution in [0.15, 0.2) is 42.5 Å². The highest BCUT2D eigenvalue weighted by Gasteiger charge is 2.25. The van der Waals surface area contributed by atoms with E-state index in [1.807, 2.05) is 31.2 Å². The van der Waals surface area contributed by atoms with Crippen LogP contribution in [0.5, 0.6) is 0 Å². The molecule has 1 aliphatic carbocycles. The summed E-state index contributed by atoms with van der Waals surface area (Å²) in [7, 11) is 0. The number of aryl methyl sites for hydroxylation is 1. The smallest absolute Gasteiger partial charge is 0.128 e. The van der Waals surface area contributed by atoms with Crippen LogP contribution in [0, 0.1) is 12.7 Å². The number of hydrogen-bond acceptors (Lipinski definition) is 1. The number of benzene rings is 2. The number of halogens is 1. The van der Waals surface area contributed by atoms with Gasteiger partial charge in [0.05, 0.1) is 6.04 Å². The molecular formula is C18H20FN. The third-order valence-corrected chi connectivity index (χ3v) is 4.37. The summed E-state index contributed by atoms with van der Waals surface area (Å²) in [6.45, 7) is 1.89. The Kier molecular flexibility index (Phi) is 3.58. The van der Waals surface area contributed by atoms with E-state index in [0.717, 1.165) is 11.1 Å². The van der Waals surface area contributed by atoms with E-state index in [-0.39, 0.29) is 11.9 Å². The standard InChI is InChI=1S/C18H20FN/c1-12-9-10-16(17(19)11-12)18(20)15-8-3-2-7-14(15)13-5-4-6-13/h2-3,7-11,13,18H,4-6,20H2,1H3. The third kappa shape index (κ3) is 2.36. The summed E-state index contributed by atoms with van der Waals surface area (Å²) < 4.78 is 14.1. The molecule has 1 saturated carbocycles. The predicted octanol–water partition coefficient (Wildman–Crippen LogP) is 4.45. The molecule has 0 radical (unpaired) electrons. The monoisotopic (exact) mass is 269 g/mol. The van der Waals surface area contributed by atoms with Gasteiger partial charge in [-0.1, -0.05) is 42.8 Å². The van der Waals surface area contributed by atoms with Crippen LogP contribution in [0.1, 0.15) is 53.5 Å². The van der Waals surface area contributed by atoms with Crippen molar-refractivity contribution in [2.45, 2.75) is 38.1 Å². The first-order valence-corrected chi connectivity index (χ1v) is 7.27. The molecule has 104 valence electrons. The van der Waals surface area contributed by atoms with Crippen LogP contribution >= 0.6 is 0 Å². The van der Waals surface area contributed by atoms with E-state index in [1.165, 1.54) is 24.8 Å². The van der Waals surface area contributed by atoms with Crippen LogP contribution in [-0.4, -0.2) is 0 Å². The molecule has 1 unspecified atom stereocenters. The Morgan fingerprint density at radius 1 is 1.10 bits per heavy atom. The summed E-state index contributed by atoms with van der Waals surface area (Å²) in [5.41, 5.74) is 10.2. The summed E-state index contributed by atoms with van der Waals surface area (Å²) in [6, 6.07) is 13.1. The van der Waals surface area contributed by atoms with E-state index >= 15 is 0 Å². The average Bonchev–Trinajstić information content (AvgIpc) is 2.37. The van der Waals surface area contributed by atoms with Gasteiger partial charge in [-0.25, -0.2) is 4.39 Å². The first-order valence-electron chi connectivity index (χ1n) is 7.27. The molecule has 0 amide bonds. The summed E-state index contributed by atoms with van der Waals surface area (Å²) in [4.78, 5) is 0. The molecule has 0 heterocycles. The number of hydrogen-bond donors (Lipinski definition) is 1. The molecule has 1 aliphatic rings. The lowest BCUT2D eigenvalue weighted by Crippen LogP contribution is -2.19. The fourth-order valence-corrected chi connectivity index (χ4v) is 2.94. The molecular weight excluding hydrogens is 249 g/mol. The van der Waals surface area contributed by atoms with Crippen molar-refractivity contribution in [1.29, 1.82) is 0 Å². The van der Waals surface area contributed by atoms with Gasteiger partial charge < -0.3 is 5.73 Å². The van der Waals surface area contributed by atoms with Gasteiger partial charge in [-0.15, -0.1) is 0 Å². The zero-order valence-electron chi connectivity index (χ0n) is 11.8. The molecule has 1 atom stereocenters. The quantitative estimate of drug-likeness (QED) is 0.875. The number of rotatable bonds is 3. The molecule has 20 heavy (non-hydrogen) atoms. The topological polar surface area (TPSA) is 26.0 Å². The Morgan fingerprint density at radius 2 is 1.85 bits per heavy atom. The number of nitrogens with two attached hydrogens (primary N) is 1. The Morgan fingerprint density at radius 3 is 2.50 bits per heavy atom. The Labute approximate surface area is 119 Å². The third-order valence-electron chi connectivity index (χ3n) is 4.37. The van der Waals surface area contributed by atoms with Crippen molar-refractivity contribution in [2.24, 2.45) is 5.73 Å². The Hall–Kier alpha value is -1.67. The zero-order valence-corrected chi connectivity index (χ0v) is 11.8. The van der Waals surface area contributed by atoms with Gasteiger partial charge >= 0.3 is 0 Å². The van der Waals surface area contributed by atoms with Crippen LogP contribution in [0.3, 0.4) is 0 Å². The van der Waals surface area contributed by atoms with Crippen molar-refractivity contribution in [3.05, 3.63) is 70.5 Å². The molecule has 0 bridgehead atoms. The second-order valence-corrected chi connectivity index (χ2v) is 5.76. The minimum atomic E-state index is -0.382. The van der Waals surface area contributed by atoms with Crippen molar-refractivity contribution in [1.82, 2.24) is 0 Å². The van der Waals surface area contributed by atoms with Crippen LogP contribution in [0.25, 0.3) is 0 Å². The van der Waals surface area contributed by atoms with Gasteiger partial charge in [-0.05, 0) is 48.4 Å². The lowest BCUT2D eigenvalue weighted by atomic mass is 9.76. The van der Waals surface area contributed by atoms with Gasteiger partial charge in [0.2, 0.25) is 0 Å². The minimum absolute atomic E-state index is 0.207. The molecule has 2 aromatic rings. The largest absolute Gasteiger partial charge is 0.320 e. The lowest BCUT2D eigenvalue weighted by Gasteiger charge is -2.29. The predicted molar refractivity (Wildman–Crippen MR) is 80.2 cm³/mol. The van der Waals surface area contributed by atoms with Gasteiger partial charge in [0, 0.05) is 5.56 Å². The first kappa shape index (κ1) is 13.3. The van der Waals surface area contributed by atoms with Gasteiger partial charge in [0.15, 0.2) is 0 Å². The maximum absolute atomic E-state index is 14.1. The molecule has 3 rings (SSSR count). The molecule has 1 fully saturated rings. The minimum Gasteiger partial charge on any atom is -0.320 e. The van der Waals surface area contributed by atoms with E-state index in [0.29, 0.717) is 11.5 Å². The lowest BCUT2D eigenvalue weighted by molar-refractivity contribution is 0.416. The van der Waals surface area contributed by atoms with Crippen molar-refractivity contribution >= 4 is 0 Å². The summed E-state index contributed by atoms with van der Waals surface area (Å²) >= 11 is 0. The SMILES string of the molecule is Cc1ccc(C(N)c2ccccc2C2CCC2)c(F)c1. The molecule has 0 saturated heterocycles. The van der Waals surface area contributed by atoms with Gasteiger partial charge in [0.25, 0.3) is 0 Å². The normalized spacial score (nSPS) is 16.8. The second-order valence-electron chi connectivity index (χ2n) is 5.76. The second kappa shape index (κ2) is 5.37. The Bertz CT molecular complexity index is 617. The molecule has 0 spiro atoms. The highest BCUT2D eigenvalue weighted by Crippen LogP contribution is 2.40. The molecule has 2 aromatic carbocycles.